The number of anilines is 1. The third-order valence-corrected chi connectivity index (χ3v) is 4.23. The number of hydrogen-bond donors (Lipinski definition) is 1. The summed E-state index contributed by atoms with van der Waals surface area (Å²) in [5.74, 6) is 0. The molecule has 0 radical (unpaired) electrons. The maximum Gasteiger partial charge on any atom is 0.0366 e. The van der Waals surface area contributed by atoms with Crippen molar-refractivity contribution in [3.63, 3.8) is 0 Å². The molecular formula is C17H30N2. The minimum atomic E-state index is -0.188. The second-order valence-corrected chi connectivity index (χ2v) is 6.72. The Kier molecular flexibility index (Phi) is 5.42. The van der Waals surface area contributed by atoms with Crippen molar-refractivity contribution in [1.82, 2.24) is 0 Å². The van der Waals surface area contributed by atoms with Gasteiger partial charge in [-0.2, -0.15) is 0 Å². The van der Waals surface area contributed by atoms with Crippen molar-refractivity contribution in [3.05, 3.63) is 30.3 Å². The van der Waals surface area contributed by atoms with Crippen molar-refractivity contribution in [2.45, 2.75) is 53.0 Å². The molecule has 0 aliphatic heterocycles. The van der Waals surface area contributed by atoms with Crippen molar-refractivity contribution in [3.8, 4) is 0 Å². The minimum absolute atomic E-state index is 0.0661. The van der Waals surface area contributed by atoms with E-state index in [0.717, 1.165) is 13.1 Å². The molecule has 108 valence electrons. The van der Waals surface area contributed by atoms with Crippen LogP contribution in [0.25, 0.3) is 0 Å². The van der Waals surface area contributed by atoms with Crippen LogP contribution >= 0.6 is 0 Å². The van der Waals surface area contributed by atoms with Crippen molar-refractivity contribution in [1.29, 1.82) is 0 Å². The first-order chi connectivity index (χ1) is 8.78. The average molecular weight is 262 g/mol. The SMILES string of the molecule is CCCCN(CC(C)(C)C(C)(C)N)c1ccccc1. The molecular weight excluding hydrogens is 232 g/mol. The zero-order valence-electron chi connectivity index (χ0n) is 13.2. The van der Waals surface area contributed by atoms with Gasteiger partial charge in [0, 0.05) is 24.3 Å². The maximum atomic E-state index is 6.34. The first kappa shape index (κ1) is 16.0. The number of rotatable bonds is 7. The first-order valence-electron chi connectivity index (χ1n) is 7.37. The predicted molar refractivity (Wildman–Crippen MR) is 85.6 cm³/mol. The standard InChI is InChI=1S/C17H30N2/c1-6-7-13-19(15-11-9-8-10-12-15)14-16(2,3)17(4,5)18/h8-12H,6-7,13-14,18H2,1-5H3. The Morgan fingerprint density at radius 3 is 2.11 bits per heavy atom. The fourth-order valence-corrected chi connectivity index (χ4v) is 1.97. The summed E-state index contributed by atoms with van der Waals surface area (Å²) < 4.78 is 0. The van der Waals surface area contributed by atoms with Crippen LogP contribution in [-0.2, 0) is 0 Å². The molecule has 2 nitrogen and oxygen atoms in total. The van der Waals surface area contributed by atoms with Crippen molar-refractivity contribution >= 4 is 5.69 Å². The van der Waals surface area contributed by atoms with Gasteiger partial charge in [-0.25, -0.2) is 0 Å². The van der Waals surface area contributed by atoms with E-state index in [9.17, 15) is 0 Å². The molecule has 1 aromatic carbocycles. The summed E-state index contributed by atoms with van der Waals surface area (Å²) in [6.07, 6.45) is 2.44. The van der Waals surface area contributed by atoms with Crippen LogP contribution in [0.2, 0.25) is 0 Å². The highest BCUT2D eigenvalue weighted by atomic mass is 15.1. The third-order valence-electron chi connectivity index (χ3n) is 4.23. The number of hydrogen-bond acceptors (Lipinski definition) is 2. The zero-order chi connectivity index (χ0) is 14.5. The molecule has 1 rings (SSSR count). The van der Waals surface area contributed by atoms with E-state index in [1.54, 1.807) is 0 Å². The molecule has 2 N–H and O–H groups in total. The van der Waals surface area contributed by atoms with Gasteiger partial charge in [0.15, 0.2) is 0 Å². The summed E-state index contributed by atoms with van der Waals surface area (Å²) in [4.78, 5) is 2.47. The molecule has 0 saturated carbocycles. The van der Waals surface area contributed by atoms with Gasteiger partial charge in [-0.05, 0) is 37.8 Å². The van der Waals surface area contributed by atoms with Crippen LogP contribution in [0.15, 0.2) is 30.3 Å². The lowest BCUT2D eigenvalue weighted by Crippen LogP contribution is -2.53. The van der Waals surface area contributed by atoms with Gasteiger partial charge in [0.1, 0.15) is 0 Å². The molecule has 0 bridgehead atoms. The summed E-state index contributed by atoms with van der Waals surface area (Å²) in [7, 11) is 0. The number of unbranched alkanes of at least 4 members (excludes halogenated alkanes) is 1. The maximum absolute atomic E-state index is 6.34. The Hall–Kier alpha value is -1.02. The summed E-state index contributed by atoms with van der Waals surface area (Å²) in [5, 5.41) is 0. The molecule has 19 heavy (non-hydrogen) atoms. The van der Waals surface area contributed by atoms with Crippen LogP contribution in [0.1, 0.15) is 47.5 Å². The molecule has 0 unspecified atom stereocenters. The fraction of sp³-hybridized carbons (Fsp3) is 0.647. The van der Waals surface area contributed by atoms with Crippen LogP contribution in [0, 0.1) is 5.41 Å². The van der Waals surface area contributed by atoms with E-state index in [2.05, 4.69) is 69.9 Å². The zero-order valence-corrected chi connectivity index (χ0v) is 13.2. The largest absolute Gasteiger partial charge is 0.371 e. The van der Waals surface area contributed by atoms with Crippen molar-refractivity contribution < 1.29 is 0 Å². The lowest BCUT2D eigenvalue weighted by Gasteiger charge is -2.43. The molecule has 0 heterocycles. The Morgan fingerprint density at radius 2 is 1.63 bits per heavy atom. The van der Waals surface area contributed by atoms with E-state index in [-0.39, 0.29) is 11.0 Å². The Bertz CT molecular complexity index is 363. The van der Waals surface area contributed by atoms with E-state index < -0.39 is 0 Å². The van der Waals surface area contributed by atoms with E-state index in [1.807, 2.05) is 0 Å². The Morgan fingerprint density at radius 1 is 1.05 bits per heavy atom. The molecule has 0 aromatic heterocycles. The number of benzene rings is 1. The lowest BCUT2D eigenvalue weighted by atomic mass is 9.74. The van der Waals surface area contributed by atoms with Gasteiger partial charge in [0.05, 0.1) is 0 Å². The molecule has 0 aliphatic rings. The van der Waals surface area contributed by atoms with E-state index >= 15 is 0 Å². The molecule has 2 heteroatoms. The van der Waals surface area contributed by atoms with Gasteiger partial charge < -0.3 is 10.6 Å². The van der Waals surface area contributed by atoms with Gasteiger partial charge in [-0.1, -0.05) is 45.4 Å². The van der Waals surface area contributed by atoms with Crippen molar-refractivity contribution in [2.24, 2.45) is 11.1 Å². The number of nitrogens with two attached hydrogens (primary N) is 1. The van der Waals surface area contributed by atoms with E-state index in [1.165, 1.54) is 18.5 Å². The monoisotopic (exact) mass is 262 g/mol. The summed E-state index contributed by atoms with van der Waals surface area (Å²) in [5.41, 5.74) is 7.52. The number of para-hydroxylation sites is 1. The normalized spacial score (nSPS) is 12.5. The van der Waals surface area contributed by atoms with Crippen LogP contribution in [0.4, 0.5) is 5.69 Å². The van der Waals surface area contributed by atoms with Crippen molar-refractivity contribution in [2.75, 3.05) is 18.0 Å². The molecule has 0 amide bonds. The summed E-state index contributed by atoms with van der Waals surface area (Å²) >= 11 is 0. The quantitative estimate of drug-likeness (QED) is 0.803. The van der Waals surface area contributed by atoms with Crippen LogP contribution < -0.4 is 10.6 Å². The number of nitrogens with zero attached hydrogens (tertiary/aromatic N) is 1. The molecule has 1 aromatic rings. The molecule has 0 spiro atoms. The molecule has 0 atom stereocenters. The highest BCUT2D eigenvalue weighted by Crippen LogP contribution is 2.31. The molecule has 0 fully saturated rings. The lowest BCUT2D eigenvalue weighted by molar-refractivity contribution is 0.207. The topological polar surface area (TPSA) is 29.3 Å². The van der Waals surface area contributed by atoms with E-state index in [0.29, 0.717) is 0 Å². The van der Waals surface area contributed by atoms with Gasteiger partial charge >= 0.3 is 0 Å². The van der Waals surface area contributed by atoms with E-state index in [4.69, 9.17) is 5.73 Å². The third kappa shape index (κ3) is 4.54. The van der Waals surface area contributed by atoms with Gasteiger partial charge in [-0.15, -0.1) is 0 Å². The minimum Gasteiger partial charge on any atom is -0.371 e. The van der Waals surface area contributed by atoms with Crippen LogP contribution in [0.5, 0.6) is 0 Å². The molecule has 0 saturated heterocycles. The first-order valence-corrected chi connectivity index (χ1v) is 7.37. The van der Waals surface area contributed by atoms with Crippen LogP contribution in [0.3, 0.4) is 0 Å². The summed E-state index contributed by atoms with van der Waals surface area (Å²) in [6.45, 7) is 13.1. The average Bonchev–Trinajstić information content (AvgIpc) is 2.34. The fourth-order valence-electron chi connectivity index (χ4n) is 1.97. The highest BCUT2D eigenvalue weighted by Gasteiger charge is 2.35. The summed E-state index contributed by atoms with van der Waals surface area (Å²) in [6, 6.07) is 10.7. The second-order valence-electron chi connectivity index (χ2n) is 6.72. The second kappa shape index (κ2) is 6.42. The van der Waals surface area contributed by atoms with Crippen LogP contribution in [-0.4, -0.2) is 18.6 Å². The highest BCUT2D eigenvalue weighted by molar-refractivity contribution is 5.46. The van der Waals surface area contributed by atoms with Gasteiger partial charge in [0.25, 0.3) is 0 Å². The smallest absolute Gasteiger partial charge is 0.0366 e. The van der Waals surface area contributed by atoms with Gasteiger partial charge in [0.2, 0.25) is 0 Å². The van der Waals surface area contributed by atoms with Gasteiger partial charge in [-0.3, -0.25) is 0 Å². The Balaban J connectivity index is 2.87. The Labute approximate surface area is 119 Å². The molecule has 0 aliphatic carbocycles. The predicted octanol–water partition coefficient (Wildman–Crippen LogP) is 4.06.